The topological polar surface area (TPSA) is 42.3 Å². The molecule has 1 aromatic rings. The Hall–Kier alpha value is -0.910. The van der Waals surface area contributed by atoms with Gasteiger partial charge in [0.2, 0.25) is 0 Å². The Bertz CT molecular complexity index is 461. The van der Waals surface area contributed by atoms with Gasteiger partial charge in [0.25, 0.3) is 0 Å². The highest BCUT2D eigenvalue weighted by Gasteiger charge is 2.38. The van der Waals surface area contributed by atoms with Gasteiger partial charge in [-0.3, -0.25) is 0 Å². The highest BCUT2D eigenvalue weighted by atomic mass is 16.5. The van der Waals surface area contributed by atoms with Gasteiger partial charge in [-0.15, -0.1) is 0 Å². The van der Waals surface area contributed by atoms with E-state index in [0.717, 1.165) is 26.2 Å². The van der Waals surface area contributed by atoms with Gasteiger partial charge in [0, 0.05) is 56.5 Å². The molecule has 5 nitrogen and oxygen atoms in total. The summed E-state index contributed by atoms with van der Waals surface area (Å²) in [6.07, 6.45) is 7.56. The third-order valence-corrected chi connectivity index (χ3v) is 5.37. The smallest absolute Gasteiger partial charge is 0.112 e. The van der Waals surface area contributed by atoms with Crippen molar-refractivity contribution >= 4 is 0 Å². The molecular formula is C16H28N4O. The van der Waals surface area contributed by atoms with Crippen molar-refractivity contribution in [3.8, 4) is 0 Å². The molecule has 2 saturated heterocycles. The van der Waals surface area contributed by atoms with E-state index in [1.165, 1.54) is 18.7 Å². The van der Waals surface area contributed by atoms with Crippen molar-refractivity contribution in [1.29, 1.82) is 0 Å². The standard InChI is InChI=1S/C16H28N4O/c1-17-14-6-9-21-11-13(14)15-5-4-12(10-20(15)3)16-18-7-8-19(16)2/h7-8,12-15,17H,4-6,9-11H2,1-3H3. The van der Waals surface area contributed by atoms with E-state index in [0.29, 0.717) is 23.9 Å². The van der Waals surface area contributed by atoms with Crippen molar-refractivity contribution in [2.24, 2.45) is 13.0 Å². The number of imidazole rings is 1. The molecule has 0 spiro atoms. The van der Waals surface area contributed by atoms with Gasteiger partial charge in [0.15, 0.2) is 0 Å². The van der Waals surface area contributed by atoms with Crippen LogP contribution < -0.4 is 5.32 Å². The van der Waals surface area contributed by atoms with Gasteiger partial charge in [0.1, 0.15) is 5.82 Å². The van der Waals surface area contributed by atoms with Crippen molar-refractivity contribution in [1.82, 2.24) is 19.8 Å². The van der Waals surface area contributed by atoms with Crippen LogP contribution in [0.15, 0.2) is 12.4 Å². The van der Waals surface area contributed by atoms with Crippen molar-refractivity contribution in [3.05, 3.63) is 18.2 Å². The lowest BCUT2D eigenvalue weighted by Gasteiger charge is -2.45. The summed E-state index contributed by atoms with van der Waals surface area (Å²) < 4.78 is 7.92. The molecule has 4 atom stereocenters. The zero-order valence-corrected chi connectivity index (χ0v) is 13.5. The summed E-state index contributed by atoms with van der Waals surface area (Å²) >= 11 is 0. The molecule has 21 heavy (non-hydrogen) atoms. The van der Waals surface area contributed by atoms with Gasteiger partial charge in [-0.1, -0.05) is 0 Å². The predicted octanol–water partition coefficient (Wildman–Crippen LogP) is 1.22. The molecule has 118 valence electrons. The van der Waals surface area contributed by atoms with Crippen LogP contribution in [-0.2, 0) is 11.8 Å². The van der Waals surface area contributed by atoms with Gasteiger partial charge in [-0.25, -0.2) is 4.98 Å². The van der Waals surface area contributed by atoms with Gasteiger partial charge in [-0.05, 0) is 33.4 Å². The second-order valence-electron chi connectivity index (χ2n) is 6.60. The number of likely N-dealkylation sites (tertiary alicyclic amines) is 1. The van der Waals surface area contributed by atoms with Crippen LogP contribution in [0.25, 0.3) is 0 Å². The van der Waals surface area contributed by atoms with Gasteiger partial charge < -0.3 is 19.5 Å². The van der Waals surface area contributed by atoms with Gasteiger partial charge >= 0.3 is 0 Å². The highest BCUT2D eigenvalue weighted by molar-refractivity contribution is 5.04. The fourth-order valence-corrected chi connectivity index (χ4v) is 4.19. The number of ether oxygens (including phenoxy) is 1. The fraction of sp³-hybridized carbons (Fsp3) is 0.812. The summed E-state index contributed by atoms with van der Waals surface area (Å²) in [5.74, 6) is 2.39. The molecule has 0 aliphatic carbocycles. The summed E-state index contributed by atoms with van der Waals surface area (Å²) in [6.45, 7) is 2.89. The molecule has 5 heteroatoms. The van der Waals surface area contributed by atoms with Gasteiger partial charge in [0.05, 0.1) is 6.61 Å². The Labute approximate surface area is 127 Å². The molecule has 1 aromatic heterocycles. The Morgan fingerprint density at radius 2 is 2.14 bits per heavy atom. The first-order valence-electron chi connectivity index (χ1n) is 8.13. The summed E-state index contributed by atoms with van der Waals surface area (Å²) in [4.78, 5) is 7.08. The van der Waals surface area contributed by atoms with E-state index in [1.54, 1.807) is 0 Å². The predicted molar refractivity (Wildman–Crippen MR) is 83.4 cm³/mol. The van der Waals surface area contributed by atoms with E-state index in [9.17, 15) is 0 Å². The first-order valence-corrected chi connectivity index (χ1v) is 8.13. The third-order valence-electron chi connectivity index (χ3n) is 5.37. The second kappa shape index (κ2) is 6.46. The summed E-state index contributed by atoms with van der Waals surface area (Å²) in [5.41, 5.74) is 0. The van der Waals surface area contributed by atoms with Crippen LogP contribution in [0.1, 0.15) is 31.0 Å². The molecule has 2 aliphatic rings. The van der Waals surface area contributed by atoms with Crippen LogP contribution >= 0.6 is 0 Å². The van der Waals surface area contributed by atoms with Crippen molar-refractivity contribution in [2.75, 3.05) is 33.9 Å². The van der Waals surface area contributed by atoms with Crippen LogP contribution in [-0.4, -0.2) is 60.4 Å². The maximum atomic E-state index is 5.75. The van der Waals surface area contributed by atoms with Crippen LogP contribution in [0.2, 0.25) is 0 Å². The molecule has 3 rings (SSSR count). The molecule has 0 radical (unpaired) electrons. The number of nitrogens with one attached hydrogen (secondary N) is 1. The summed E-state index contributed by atoms with van der Waals surface area (Å²) in [5, 5.41) is 3.50. The number of hydrogen-bond acceptors (Lipinski definition) is 4. The largest absolute Gasteiger partial charge is 0.381 e. The van der Waals surface area contributed by atoms with Crippen LogP contribution in [0.4, 0.5) is 0 Å². The number of piperidine rings is 1. The Balaban J connectivity index is 1.67. The van der Waals surface area contributed by atoms with E-state index in [4.69, 9.17) is 4.74 Å². The van der Waals surface area contributed by atoms with Crippen LogP contribution in [0.5, 0.6) is 0 Å². The lowest BCUT2D eigenvalue weighted by atomic mass is 9.81. The molecule has 3 heterocycles. The van der Waals surface area contributed by atoms with E-state index in [1.807, 2.05) is 12.4 Å². The average Bonchev–Trinajstić information content (AvgIpc) is 2.93. The third kappa shape index (κ3) is 3.00. The number of likely N-dealkylation sites (N-methyl/N-ethyl adjacent to an activating group) is 1. The maximum absolute atomic E-state index is 5.75. The van der Waals surface area contributed by atoms with E-state index in [-0.39, 0.29) is 0 Å². The molecule has 1 N–H and O–H groups in total. The molecule has 0 aromatic carbocycles. The Morgan fingerprint density at radius 3 is 2.81 bits per heavy atom. The first kappa shape index (κ1) is 15.0. The maximum Gasteiger partial charge on any atom is 0.112 e. The molecular weight excluding hydrogens is 264 g/mol. The fourth-order valence-electron chi connectivity index (χ4n) is 4.19. The molecule has 4 unspecified atom stereocenters. The molecule has 0 saturated carbocycles. The highest BCUT2D eigenvalue weighted by Crippen LogP contribution is 2.33. The first-order chi connectivity index (χ1) is 10.2. The number of rotatable bonds is 3. The quantitative estimate of drug-likeness (QED) is 0.910. The normalized spacial score (nSPS) is 35.0. The molecule has 2 fully saturated rings. The minimum absolute atomic E-state index is 0.559. The molecule has 2 aliphatic heterocycles. The van der Waals surface area contributed by atoms with Gasteiger partial charge in [-0.2, -0.15) is 0 Å². The van der Waals surface area contributed by atoms with E-state index < -0.39 is 0 Å². The lowest BCUT2D eigenvalue weighted by molar-refractivity contribution is -0.0171. The Kier molecular flexibility index (Phi) is 4.62. The monoisotopic (exact) mass is 292 g/mol. The lowest BCUT2D eigenvalue weighted by Crippen LogP contribution is -2.54. The molecule has 0 bridgehead atoms. The van der Waals surface area contributed by atoms with Crippen molar-refractivity contribution < 1.29 is 4.74 Å². The zero-order chi connectivity index (χ0) is 14.8. The van der Waals surface area contributed by atoms with Crippen molar-refractivity contribution in [2.45, 2.75) is 37.3 Å². The van der Waals surface area contributed by atoms with Crippen LogP contribution in [0.3, 0.4) is 0 Å². The van der Waals surface area contributed by atoms with E-state index >= 15 is 0 Å². The average molecular weight is 292 g/mol. The zero-order valence-electron chi connectivity index (χ0n) is 13.5. The number of aryl methyl sites for hydroxylation is 1. The number of nitrogens with zero attached hydrogens (tertiary/aromatic N) is 3. The minimum Gasteiger partial charge on any atom is -0.381 e. The van der Waals surface area contributed by atoms with E-state index in [2.05, 4.69) is 40.9 Å². The SMILES string of the molecule is CNC1CCOCC1C1CCC(c2nccn2C)CN1C. The summed E-state index contributed by atoms with van der Waals surface area (Å²) in [7, 11) is 6.45. The summed E-state index contributed by atoms with van der Waals surface area (Å²) in [6, 6.07) is 1.22. The minimum atomic E-state index is 0.559. The van der Waals surface area contributed by atoms with Crippen LogP contribution in [0, 0.1) is 5.92 Å². The molecule has 0 amide bonds. The second-order valence-corrected chi connectivity index (χ2v) is 6.60. The Morgan fingerprint density at radius 1 is 1.29 bits per heavy atom. The number of aromatic nitrogens is 2. The van der Waals surface area contributed by atoms with Crippen molar-refractivity contribution in [3.63, 3.8) is 0 Å². The number of hydrogen-bond donors (Lipinski definition) is 1.